The number of nitrogens with zero attached hydrogens (tertiary/aromatic N) is 1. The molecule has 1 atom stereocenters. The van der Waals surface area contributed by atoms with Crippen molar-refractivity contribution < 1.29 is 13.2 Å². The third-order valence-corrected chi connectivity index (χ3v) is 5.83. The Bertz CT molecular complexity index is 641. The van der Waals surface area contributed by atoms with Crippen molar-refractivity contribution in [2.24, 2.45) is 0 Å². The number of rotatable bonds is 5. The number of amides is 1. The third-order valence-electron chi connectivity index (χ3n) is 4.08. The van der Waals surface area contributed by atoms with Crippen LogP contribution >= 0.6 is 0 Å². The lowest BCUT2D eigenvalue weighted by atomic mass is 10.0. The molecule has 1 amide bonds. The lowest BCUT2D eigenvalue weighted by Crippen LogP contribution is -2.38. The Balaban J connectivity index is 1.96. The first-order valence-corrected chi connectivity index (χ1v) is 9.40. The zero-order valence-corrected chi connectivity index (χ0v) is 14.2. The summed E-state index contributed by atoms with van der Waals surface area (Å²) in [7, 11) is -1.12. The average molecular weight is 324 g/mol. The van der Waals surface area contributed by atoms with Crippen molar-refractivity contribution in [1.29, 1.82) is 0 Å². The van der Waals surface area contributed by atoms with Gasteiger partial charge >= 0.3 is 0 Å². The lowest BCUT2D eigenvalue weighted by molar-refractivity contribution is -0.117. The average Bonchev–Trinajstić information content (AvgIpc) is 2.79. The summed E-state index contributed by atoms with van der Waals surface area (Å²) in [6.07, 6.45) is 0.606. The largest absolute Gasteiger partial charge is 0.325 e. The maximum Gasteiger partial charge on any atom is 0.238 e. The van der Waals surface area contributed by atoms with Gasteiger partial charge in [-0.1, -0.05) is 32.0 Å². The van der Waals surface area contributed by atoms with Gasteiger partial charge in [-0.3, -0.25) is 9.69 Å². The summed E-state index contributed by atoms with van der Waals surface area (Å²) in [5.41, 5.74) is 1.93. The highest BCUT2D eigenvalue weighted by Crippen LogP contribution is 2.23. The van der Waals surface area contributed by atoms with Crippen LogP contribution in [0.4, 0.5) is 5.69 Å². The number of para-hydroxylation sites is 1. The molecule has 1 aliphatic heterocycles. The van der Waals surface area contributed by atoms with E-state index in [0.29, 0.717) is 12.3 Å². The van der Waals surface area contributed by atoms with E-state index in [0.717, 1.165) is 11.3 Å². The Morgan fingerprint density at radius 1 is 1.36 bits per heavy atom. The number of benzene rings is 1. The smallest absolute Gasteiger partial charge is 0.238 e. The van der Waals surface area contributed by atoms with Crippen molar-refractivity contribution >= 4 is 21.4 Å². The molecule has 1 fully saturated rings. The summed E-state index contributed by atoms with van der Waals surface area (Å²) in [5, 5.41) is 2.94. The molecule has 0 saturated carbocycles. The van der Waals surface area contributed by atoms with Gasteiger partial charge in [0.1, 0.15) is 0 Å². The minimum absolute atomic E-state index is 0.0592. The first kappa shape index (κ1) is 17.0. The molecular formula is C16H24N2O3S. The van der Waals surface area contributed by atoms with Gasteiger partial charge in [0.05, 0.1) is 18.1 Å². The van der Waals surface area contributed by atoms with Gasteiger partial charge in [0.25, 0.3) is 0 Å². The standard InChI is InChI=1S/C16H24N2O3S/c1-12(2)14-6-4-5-7-15(14)17-16(19)10-18(3)13-8-9-22(20,21)11-13/h4-7,12-13H,8-11H2,1-3H3,(H,17,19). The van der Waals surface area contributed by atoms with Crippen LogP contribution in [0.1, 0.15) is 31.7 Å². The molecule has 22 heavy (non-hydrogen) atoms. The second-order valence-corrected chi connectivity index (χ2v) is 8.49. The molecule has 0 aliphatic carbocycles. The molecule has 5 nitrogen and oxygen atoms in total. The number of carbonyl (C=O) groups excluding carboxylic acids is 1. The number of hydrogen-bond donors (Lipinski definition) is 1. The van der Waals surface area contributed by atoms with E-state index in [1.807, 2.05) is 29.2 Å². The van der Waals surface area contributed by atoms with Crippen LogP contribution in [0.3, 0.4) is 0 Å². The summed E-state index contributed by atoms with van der Waals surface area (Å²) in [4.78, 5) is 14.0. The molecular weight excluding hydrogens is 300 g/mol. The molecule has 0 aromatic heterocycles. The van der Waals surface area contributed by atoms with Crippen LogP contribution in [-0.4, -0.2) is 50.4 Å². The first-order chi connectivity index (χ1) is 10.3. The molecule has 1 aromatic carbocycles. The number of anilines is 1. The fraction of sp³-hybridized carbons (Fsp3) is 0.562. The monoisotopic (exact) mass is 324 g/mol. The highest BCUT2D eigenvalue weighted by Gasteiger charge is 2.31. The lowest BCUT2D eigenvalue weighted by Gasteiger charge is -2.23. The summed E-state index contributed by atoms with van der Waals surface area (Å²) in [6.45, 7) is 4.37. The summed E-state index contributed by atoms with van der Waals surface area (Å²) < 4.78 is 23.0. The van der Waals surface area contributed by atoms with Gasteiger partial charge in [-0.15, -0.1) is 0 Å². The maximum absolute atomic E-state index is 12.2. The number of sulfone groups is 1. The van der Waals surface area contributed by atoms with Crippen LogP contribution in [0.15, 0.2) is 24.3 Å². The minimum Gasteiger partial charge on any atom is -0.325 e. The predicted octanol–water partition coefficient (Wildman–Crippen LogP) is 1.87. The number of likely N-dealkylation sites (N-methyl/N-ethyl adjacent to an activating group) is 1. The van der Waals surface area contributed by atoms with Crippen LogP contribution in [0.25, 0.3) is 0 Å². The molecule has 1 heterocycles. The molecule has 1 aliphatic rings. The second-order valence-electron chi connectivity index (χ2n) is 6.26. The van der Waals surface area contributed by atoms with Gasteiger partial charge in [-0.2, -0.15) is 0 Å². The van der Waals surface area contributed by atoms with Crippen LogP contribution in [0.5, 0.6) is 0 Å². The van der Waals surface area contributed by atoms with E-state index in [2.05, 4.69) is 19.2 Å². The Kier molecular flexibility index (Phi) is 5.24. The Hall–Kier alpha value is -1.40. The maximum atomic E-state index is 12.2. The molecule has 1 aromatic rings. The number of hydrogen-bond acceptors (Lipinski definition) is 4. The van der Waals surface area contributed by atoms with Gasteiger partial charge in [0.2, 0.25) is 5.91 Å². The topological polar surface area (TPSA) is 66.5 Å². The highest BCUT2D eigenvalue weighted by molar-refractivity contribution is 7.91. The van der Waals surface area contributed by atoms with E-state index in [1.165, 1.54) is 0 Å². The van der Waals surface area contributed by atoms with Crippen molar-refractivity contribution in [1.82, 2.24) is 4.90 Å². The van der Waals surface area contributed by atoms with E-state index in [1.54, 1.807) is 7.05 Å². The fourth-order valence-electron chi connectivity index (χ4n) is 2.78. The quantitative estimate of drug-likeness (QED) is 0.898. The van der Waals surface area contributed by atoms with Crippen molar-refractivity contribution in [3.8, 4) is 0 Å². The molecule has 122 valence electrons. The SMILES string of the molecule is CC(C)c1ccccc1NC(=O)CN(C)C1CCS(=O)(=O)C1. The van der Waals surface area contributed by atoms with Crippen LogP contribution in [0, 0.1) is 0 Å². The predicted molar refractivity (Wildman–Crippen MR) is 88.8 cm³/mol. The number of nitrogens with one attached hydrogen (secondary N) is 1. The van der Waals surface area contributed by atoms with Gasteiger partial charge < -0.3 is 5.32 Å². The van der Waals surface area contributed by atoms with Crippen molar-refractivity contribution in [3.05, 3.63) is 29.8 Å². The second kappa shape index (κ2) is 6.79. The van der Waals surface area contributed by atoms with Crippen LogP contribution < -0.4 is 5.32 Å². The zero-order chi connectivity index (χ0) is 16.3. The van der Waals surface area contributed by atoms with Crippen molar-refractivity contribution in [2.45, 2.75) is 32.2 Å². The van der Waals surface area contributed by atoms with Crippen LogP contribution in [0.2, 0.25) is 0 Å². The summed E-state index contributed by atoms with van der Waals surface area (Å²) >= 11 is 0. The Morgan fingerprint density at radius 2 is 2.05 bits per heavy atom. The highest BCUT2D eigenvalue weighted by atomic mass is 32.2. The molecule has 1 saturated heterocycles. The van der Waals surface area contributed by atoms with E-state index in [-0.39, 0.29) is 30.0 Å². The molecule has 0 bridgehead atoms. The summed E-state index contributed by atoms with van der Waals surface area (Å²) in [6, 6.07) is 7.70. The van der Waals surface area contributed by atoms with Crippen LogP contribution in [-0.2, 0) is 14.6 Å². The van der Waals surface area contributed by atoms with E-state index in [4.69, 9.17) is 0 Å². The molecule has 0 radical (unpaired) electrons. The summed E-state index contributed by atoms with van der Waals surface area (Å²) in [5.74, 6) is 0.591. The van der Waals surface area contributed by atoms with Gasteiger partial charge in [-0.25, -0.2) is 8.42 Å². The first-order valence-electron chi connectivity index (χ1n) is 7.58. The normalized spacial score (nSPS) is 20.5. The van der Waals surface area contributed by atoms with Crippen molar-refractivity contribution in [3.63, 3.8) is 0 Å². The van der Waals surface area contributed by atoms with E-state index in [9.17, 15) is 13.2 Å². The Morgan fingerprint density at radius 3 is 2.64 bits per heavy atom. The number of carbonyl (C=O) groups is 1. The molecule has 6 heteroatoms. The van der Waals surface area contributed by atoms with Crippen molar-refractivity contribution in [2.75, 3.05) is 30.4 Å². The van der Waals surface area contributed by atoms with Gasteiger partial charge in [0.15, 0.2) is 9.84 Å². The fourth-order valence-corrected chi connectivity index (χ4v) is 4.59. The van der Waals surface area contributed by atoms with E-state index >= 15 is 0 Å². The van der Waals surface area contributed by atoms with E-state index < -0.39 is 9.84 Å². The molecule has 0 spiro atoms. The molecule has 1 unspecified atom stereocenters. The van der Waals surface area contributed by atoms with Gasteiger partial charge in [0, 0.05) is 11.7 Å². The zero-order valence-electron chi connectivity index (χ0n) is 13.4. The molecule has 2 rings (SSSR count). The minimum atomic E-state index is -2.93. The Labute approximate surface area is 132 Å². The third kappa shape index (κ3) is 4.30. The van der Waals surface area contributed by atoms with Gasteiger partial charge in [-0.05, 0) is 31.0 Å². The molecule has 1 N–H and O–H groups in total.